The fourth-order valence-electron chi connectivity index (χ4n) is 6.30. The molecule has 0 radical (unpaired) electrons. The average Bonchev–Trinajstić information content (AvgIpc) is 3.58. The summed E-state index contributed by atoms with van der Waals surface area (Å²) in [6.45, 7) is 2.13. The van der Waals surface area contributed by atoms with Crippen molar-refractivity contribution in [1.29, 1.82) is 0 Å². The molecular formula is C28H30N6O3. The molecule has 37 heavy (non-hydrogen) atoms. The molecule has 9 nitrogen and oxygen atoms in total. The van der Waals surface area contributed by atoms with E-state index < -0.39 is 5.54 Å². The van der Waals surface area contributed by atoms with Gasteiger partial charge < -0.3 is 4.74 Å². The number of nitrogens with zero attached hydrogens (tertiary/aromatic N) is 5. The van der Waals surface area contributed by atoms with Crippen molar-refractivity contribution in [1.82, 2.24) is 30.0 Å². The molecule has 1 N–H and O–H groups in total. The molecule has 4 aromatic rings. The number of aromatic nitrogens is 6. The first-order valence-electron chi connectivity index (χ1n) is 12.9. The molecule has 2 aromatic heterocycles. The minimum Gasteiger partial charge on any atom is -0.467 e. The Bertz CT molecular complexity index is 1490. The van der Waals surface area contributed by atoms with Gasteiger partial charge in [-0.2, -0.15) is 5.21 Å². The number of ether oxygens (including phenoxy) is 1. The lowest BCUT2D eigenvalue weighted by Crippen LogP contribution is -2.57. The smallest absolute Gasteiger partial charge is 0.333 e. The van der Waals surface area contributed by atoms with Gasteiger partial charge in [-0.1, -0.05) is 61.9 Å². The number of carbonyl (C=O) groups is 1. The first-order valence-corrected chi connectivity index (χ1v) is 12.9. The van der Waals surface area contributed by atoms with Crippen molar-refractivity contribution in [2.24, 2.45) is 0 Å². The van der Waals surface area contributed by atoms with Crippen LogP contribution in [0, 0.1) is 0 Å². The van der Waals surface area contributed by atoms with E-state index in [9.17, 15) is 9.59 Å². The van der Waals surface area contributed by atoms with Crippen LogP contribution in [0.3, 0.4) is 0 Å². The van der Waals surface area contributed by atoms with Gasteiger partial charge >= 0.3 is 5.97 Å². The number of esters is 1. The molecule has 190 valence electrons. The molecule has 4 heterocycles. The number of nitrogens with one attached hydrogen (secondary N) is 1. The summed E-state index contributed by atoms with van der Waals surface area (Å²) in [6.07, 6.45) is 5.38. The maximum absolute atomic E-state index is 13.9. The Balaban J connectivity index is 1.38. The van der Waals surface area contributed by atoms with Gasteiger partial charge in [0.25, 0.3) is 5.56 Å². The van der Waals surface area contributed by atoms with Gasteiger partial charge in [0.05, 0.1) is 13.2 Å². The number of benzene rings is 2. The normalized spacial score (nSPS) is 20.1. The average molecular weight is 499 g/mol. The van der Waals surface area contributed by atoms with E-state index in [0.717, 1.165) is 59.2 Å². The summed E-state index contributed by atoms with van der Waals surface area (Å²) in [5.41, 5.74) is 4.93. The maximum Gasteiger partial charge on any atom is 0.333 e. The predicted octanol–water partition coefficient (Wildman–Crippen LogP) is 4.04. The molecule has 0 amide bonds. The Morgan fingerprint density at radius 3 is 2.49 bits per heavy atom. The zero-order valence-electron chi connectivity index (χ0n) is 21.1. The van der Waals surface area contributed by atoms with Gasteiger partial charge in [-0.15, -0.1) is 10.2 Å². The monoisotopic (exact) mass is 498 g/mol. The number of hydrogen-bond donors (Lipinski definition) is 1. The Morgan fingerprint density at radius 1 is 1.11 bits per heavy atom. The van der Waals surface area contributed by atoms with Crippen molar-refractivity contribution in [3.8, 4) is 22.5 Å². The van der Waals surface area contributed by atoms with Crippen LogP contribution in [-0.4, -0.2) is 43.1 Å². The van der Waals surface area contributed by atoms with E-state index >= 15 is 0 Å². The zero-order chi connectivity index (χ0) is 25.6. The van der Waals surface area contributed by atoms with Crippen molar-refractivity contribution in [2.45, 2.75) is 63.5 Å². The number of fused-ring (bicyclic) bond motifs is 2. The number of carbonyl (C=O) groups excluding carboxylic acids is 1. The van der Waals surface area contributed by atoms with Crippen LogP contribution in [0.1, 0.15) is 61.9 Å². The Morgan fingerprint density at radius 2 is 1.84 bits per heavy atom. The largest absolute Gasteiger partial charge is 0.467 e. The molecule has 2 bridgehead atoms. The third-order valence-electron chi connectivity index (χ3n) is 8.04. The third kappa shape index (κ3) is 3.63. The van der Waals surface area contributed by atoms with Crippen molar-refractivity contribution < 1.29 is 9.53 Å². The number of hydrogen-bond acceptors (Lipinski definition) is 6. The summed E-state index contributed by atoms with van der Waals surface area (Å²) in [4.78, 5) is 26.9. The Kier molecular flexibility index (Phi) is 5.78. The summed E-state index contributed by atoms with van der Waals surface area (Å²) in [5, 5.41) is 14.5. The highest BCUT2D eigenvalue weighted by atomic mass is 16.5. The SMILES string of the molecule is CCCc1c(Cc2ccc(-c3ccccc3-c3nn[nH]n3)cc2)c(=O)n2n1C1CCC2(C(=O)OC)CC1. The minimum atomic E-state index is -0.885. The number of methoxy groups -OCH3 is 1. The summed E-state index contributed by atoms with van der Waals surface area (Å²) in [6, 6.07) is 16.5. The molecule has 7 rings (SSSR count). The van der Waals surface area contributed by atoms with E-state index in [4.69, 9.17) is 4.74 Å². The molecule has 1 fully saturated rings. The van der Waals surface area contributed by atoms with Crippen LogP contribution in [-0.2, 0) is 27.9 Å². The summed E-state index contributed by atoms with van der Waals surface area (Å²) < 4.78 is 9.12. The molecule has 1 saturated carbocycles. The first-order chi connectivity index (χ1) is 18.1. The van der Waals surface area contributed by atoms with Crippen molar-refractivity contribution >= 4 is 5.97 Å². The van der Waals surface area contributed by atoms with Crippen molar-refractivity contribution in [3.05, 3.63) is 75.7 Å². The maximum atomic E-state index is 13.9. The van der Waals surface area contributed by atoms with Gasteiger partial charge in [-0.25, -0.2) is 9.48 Å². The van der Waals surface area contributed by atoms with Gasteiger partial charge in [0.1, 0.15) is 0 Å². The molecule has 0 atom stereocenters. The standard InChI is InChI=1S/C28H30N6O3/c1-3-6-24-23(26(35)34-28(27(36)37-2)15-13-20(14-16-28)33(24)34)17-18-9-11-19(12-10-18)21-7-4-5-8-22(21)25-29-31-32-30-25/h4-5,7-12,20H,3,6,13-17H2,1-2H3,(H,29,30,31,32). The molecule has 0 unspecified atom stereocenters. The quantitative estimate of drug-likeness (QED) is 0.386. The van der Waals surface area contributed by atoms with E-state index in [1.54, 1.807) is 4.68 Å². The highest BCUT2D eigenvalue weighted by Crippen LogP contribution is 2.46. The first kappa shape index (κ1) is 23.4. The lowest BCUT2D eigenvalue weighted by Gasteiger charge is -2.47. The van der Waals surface area contributed by atoms with Gasteiger partial charge in [0, 0.05) is 23.2 Å². The van der Waals surface area contributed by atoms with Crippen LogP contribution in [0.15, 0.2) is 53.3 Å². The second-order valence-electron chi connectivity index (χ2n) is 10.0. The number of tetrazole rings is 1. The minimum absolute atomic E-state index is 0.0511. The second-order valence-corrected chi connectivity index (χ2v) is 10.0. The molecule has 1 aliphatic carbocycles. The van der Waals surface area contributed by atoms with Crippen LogP contribution < -0.4 is 5.56 Å². The fraction of sp³-hybridized carbons (Fsp3) is 0.393. The summed E-state index contributed by atoms with van der Waals surface area (Å²) >= 11 is 0. The molecular weight excluding hydrogens is 468 g/mol. The van der Waals surface area contributed by atoms with E-state index in [-0.39, 0.29) is 17.6 Å². The van der Waals surface area contributed by atoms with Crippen molar-refractivity contribution in [3.63, 3.8) is 0 Å². The van der Waals surface area contributed by atoms with Gasteiger partial charge in [-0.05, 0) is 54.0 Å². The molecule has 0 saturated heterocycles. The van der Waals surface area contributed by atoms with Gasteiger partial charge in [0.15, 0.2) is 5.54 Å². The second kappa shape index (κ2) is 9.14. The van der Waals surface area contributed by atoms with Crippen LogP contribution in [0.4, 0.5) is 0 Å². The highest BCUT2D eigenvalue weighted by molar-refractivity contribution is 5.80. The van der Waals surface area contributed by atoms with Gasteiger partial charge in [-0.3, -0.25) is 9.48 Å². The topological polar surface area (TPSA) is 108 Å². The molecule has 3 aliphatic rings. The Hall–Kier alpha value is -4.01. The van der Waals surface area contributed by atoms with Crippen LogP contribution in [0.5, 0.6) is 0 Å². The molecule has 2 aliphatic heterocycles. The Labute approximate surface area is 214 Å². The van der Waals surface area contributed by atoms with Gasteiger partial charge in [0.2, 0.25) is 5.82 Å². The highest BCUT2D eigenvalue weighted by Gasteiger charge is 2.53. The lowest BCUT2D eigenvalue weighted by atomic mass is 9.77. The molecule has 9 heteroatoms. The van der Waals surface area contributed by atoms with E-state index in [1.807, 2.05) is 24.3 Å². The van der Waals surface area contributed by atoms with E-state index in [1.165, 1.54) is 7.11 Å². The molecule has 0 spiro atoms. The van der Waals surface area contributed by atoms with Crippen LogP contribution >= 0.6 is 0 Å². The summed E-state index contributed by atoms with van der Waals surface area (Å²) in [5.74, 6) is 0.246. The number of rotatable bonds is 7. The fourth-order valence-corrected chi connectivity index (χ4v) is 6.30. The van der Waals surface area contributed by atoms with E-state index in [0.29, 0.717) is 25.1 Å². The number of H-pyrrole nitrogens is 1. The molecule has 2 aromatic carbocycles. The summed E-state index contributed by atoms with van der Waals surface area (Å²) in [7, 11) is 1.42. The zero-order valence-corrected chi connectivity index (χ0v) is 21.1. The van der Waals surface area contributed by atoms with Crippen LogP contribution in [0.25, 0.3) is 22.5 Å². The van der Waals surface area contributed by atoms with Crippen molar-refractivity contribution in [2.75, 3.05) is 7.11 Å². The number of aromatic amines is 1. The third-order valence-corrected chi connectivity index (χ3v) is 8.04. The van der Waals surface area contributed by atoms with Crippen LogP contribution in [0.2, 0.25) is 0 Å². The van der Waals surface area contributed by atoms with E-state index in [2.05, 4.69) is 56.5 Å². The lowest BCUT2D eigenvalue weighted by molar-refractivity contribution is -0.158. The predicted molar refractivity (Wildman–Crippen MR) is 138 cm³/mol.